The third kappa shape index (κ3) is 2.21. The van der Waals surface area contributed by atoms with Crippen molar-refractivity contribution < 1.29 is 12.9 Å². The van der Waals surface area contributed by atoms with Crippen molar-refractivity contribution in [3.8, 4) is 0 Å². The van der Waals surface area contributed by atoms with Crippen LogP contribution in [0.4, 0.5) is 4.48 Å². The minimum absolute atomic E-state index is 0.0526. The average Bonchev–Trinajstić information content (AvgIpc) is 2.45. The Kier molecular flexibility index (Phi) is 3.84. The van der Waals surface area contributed by atoms with Crippen LogP contribution < -0.4 is 0 Å². The lowest BCUT2D eigenvalue weighted by Crippen LogP contribution is -2.60. The first-order chi connectivity index (χ1) is 10.3. The Hall–Kier alpha value is -0.940. The van der Waals surface area contributed by atoms with E-state index < -0.39 is 15.6 Å². The molecular weight excluding hydrogens is 301 g/mol. The Balaban J connectivity index is 2.18. The summed E-state index contributed by atoms with van der Waals surface area (Å²) >= 11 is 0. The van der Waals surface area contributed by atoms with E-state index in [1.54, 1.807) is 6.07 Å². The molecule has 3 nitrogen and oxygen atoms in total. The molecule has 1 saturated carbocycles. The van der Waals surface area contributed by atoms with E-state index in [2.05, 4.69) is 20.8 Å². The molecule has 1 spiro atoms. The zero-order valence-corrected chi connectivity index (χ0v) is 14.2. The molecule has 0 radical (unpaired) electrons. The highest BCUT2D eigenvalue weighted by atomic mass is 32.2. The summed E-state index contributed by atoms with van der Waals surface area (Å²) in [5.74, 6) is 0.650. The van der Waals surface area contributed by atoms with E-state index >= 15 is 4.48 Å². The van der Waals surface area contributed by atoms with Crippen molar-refractivity contribution >= 4 is 10.0 Å². The van der Waals surface area contributed by atoms with Gasteiger partial charge in [-0.05, 0) is 53.2 Å². The number of halogens is 1. The Morgan fingerprint density at radius 1 is 1.27 bits per heavy atom. The minimum atomic E-state index is -4.05. The maximum absolute atomic E-state index is 15.2. The second-order valence-electron chi connectivity index (χ2n) is 7.35. The SMILES string of the molecule is CC(C)[C@@H]1CC[C@@H](C)C[C@@]12Cc1ccccc1S(=O)(=O)N2F. The topological polar surface area (TPSA) is 37.4 Å². The number of nitrogens with zero attached hydrogens (tertiary/aromatic N) is 1. The van der Waals surface area contributed by atoms with Crippen LogP contribution in [0, 0.1) is 17.8 Å². The fourth-order valence-electron chi connectivity index (χ4n) is 4.57. The fraction of sp³-hybridized carbons (Fsp3) is 0.647. The van der Waals surface area contributed by atoms with Gasteiger partial charge in [-0.1, -0.05) is 45.4 Å². The highest BCUT2D eigenvalue weighted by Gasteiger charge is 2.56. The largest absolute Gasteiger partial charge is 0.269 e. The van der Waals surface area contributed by atoms with Crippen molar-refractivity contribution in [3.63, 3.8) is 0 Å². The summed E-state index contributed by atoms with van der Waals surface area (Å²) in [5, 5.41) is 0. The molecule has 22 heavy (non-hydrogen) atoms. The van der Waals surface area contributed by atoms with Crippen molar-refractivity contribution in [2.24, 2.45) is 17.8 Å². The first kappa shape index (κ1) is 15.9. The second-order valence-corrected chi connectivity index (χ2v) is 9.06. The Bertz CT molecular complexity index is 673. The molecule has 0 amide bonds. The minimum Gasteiger partial charge on any atom is -0.205 e. The summed E-state index contributed by atoms with van der Waals surface area (Å²) in [6, 6.07) is 6.84. The van der Waals surface area contributed by atoms with Gasteiger partial charge in [0.15, 0.2) is 0 Å². The predicted octanol–water partition coefficient (Wildman–Crippen LogP) is 3.95. The lowest BCUT2D eigenvalue weighted by molar-refractivity contribution is -0.0827. The van der Waals surface area contributed by atoms with Gasteiger partial charge in [-0.15, -0.1) is 4.48 Å². The maximum Gasteiger partial charge on any atom is 0.269 e. The molecule has 0 N–H and O–H groups in total. The summed E-state index contributed by atoms with van der Waals surface area (Å²) in [5.41, 5.74) is -0.157. The fourth-order valence-corrected chi connectivity index (χ4v) is 6.22. The van der Waals surface area contributed by atoms with Crippen LogP contribution in [0.5, 0.6) is 0 Å². The normalized spacial score (nSPS) is 34.8. The van der Waals surface area contributed by atoms with E-state index in [0.717, 1.165) is 18.4 Å². The van der Waals surface area contributed by atoms with Gasteiger partial charge >= 0.3 is 0 Å². The third-order valence-electron chi connectivity index (χ3n) is 5.48. The lowest BCUT2D eigenvalue weighted by Gasteiger charge is -2.52. The molecule has 1 aliphatic carbocycles. The standard InChI is InChI=1S/C17H24FNO2S/c1-12(2)15-9-8-13(3)10-17(15)11-14-6-4-5-7-16(14)22(20,21)19(17)18/h4-7,12-13,15H,8-11H2,1-3H3/t13-,15+,17-/m1/s1. The molecule has 0 saturated heterocycles. The van der Waals surface area contributed by atoms with Crippen molar-refractivity contribution in [2.75, 3.05) is 0 Å². The van der Waals surface area contributed by atoms with E-state index in [9.17, 15) is 8.42 Å². The number of fused-ring (bicyclic) bond motifs is 1. The van der Waals surface area contributed by atoms with Crippen molar-refractivity contribution in [1.82, 2.24) is 4.53 Å². The van der Waals surface area contributed by atoms with E-state index in [4.69, 9.17) is 0 Å². The van der Waals surface area contributed by atoms with Gasteiger partial charge in [-0.3, -0.25) is 0 Å². The molecule has 1 aromatic rings. The Labute approximate surface area is 132 Å². The van der Waals surface area contributed by atoms with Crippen LogP contribution in [0.25, 0.3) is 0 Å². The van der Waals surface area contributed by atoms with E-state index in [1.807, 2.05) is 12.1 Å². The second kappa shape index (κ2) is 5.31. The molecule has 1 heterocycles. The highest BCUT2D eigenvalue weighted by Crippen LogP contribution is 2.51. The lowest BCUT2D eigenvalue weighted by atomic mass is 9.63. The van der Waals surface area contributed by atoms with Crippen LogP contribution in [0.15, 0.2) is 29.2 Å². The molecule has 1 aromatic carbocycles. The van der Waals surface area contributed by atoms with Crippen LogP contribution in [-0.2, 0) is 16.4 Å². The smallest absolute Gasteiger partial charge is 0.205 e. The third-order valence-corrected chi connectivity index (χ3v) is 7.22. The van der Waals surface area contributed by atoms with E-state index in [0.29, 0.717) is 18.8 Å². The van der Waals surface area contributed by atoms with Gasteiger partial charge in [0.25, 0.3) is 10.0 Å². The Morgan fingerprint density at radius 2 is 1.95 bits per heavy atom. The van der Waals surface area contributed by atoms with Gasteiger partial charge in [0.2, 0.25) is 0 Å². The first-order valence-electron chi connectivity index (χ1n) is 8.08. The number of hydrogen-bond acceptors (Lipinski definition) is 2. The quantitative estimate of drug-likeness (QED) is 0.733. The van der Waals surface area contributed by atoms with Crippen molar-refractivity contribution in [1.29, 1.82) is 0 Å². The van der Waals surface area contributed by atoms with Gasteiger partial charge in [-0.2, -0.15) is 0 Å². The van der Waals surface area contributed by atoms with Crippen molar-refractivity contribution in [3.05, 3.63) is 29.8 Å². The summed E-state index contributed by atoms with van der Waals surface area (Å²) in [4.78, 5) is 0.129. The summed E-state index contributed by atoms with van der Waals surface area (Å²) < 4.78 is 40.8. The summed E-state index contributed by atoms with van der Waals surface area (Å²) in [6.07, 6.45) is 3.00. The van der Waals surface area contributed by atoms with Gasteiger partial charge in [0.05, 0.1) is 10.4 Å². The molecule has 0 aromatic heterocycles. The van der Waals surface area contributed by atoms with Crippen LogP contribution in [0.2, 0.25) is 0 Å². The summed E-state index contributed by atoms with van der Waals surface area (Å²) in [6.45, 7) is 6.24. The average molecular weight is 325 g/mol. The van der Waals surface area contributed by atoms with Crippen molar-refractivity contribution in [2.45, 2.75) is 56.9 Å². The molecule has 1 fully saturated rings. The molecule has 5 heteroatoms. The van der Waals surface area contributed by atoms with E-state index in [1.165, 1.54) is 6.07 Å². The molecule has 122 valence electrons. The van der Waals surface area contributed by atoms with Crippen LogP contribution >= 0.6 is 0 Å². The number of hydrogen-bond donors (Lipinski definition) is 0. The van der Waals surface area contributed by atoms with Crippen LogP contribution in [-0.4, -0.2) is 18.5 Å². The van der Waals surface area contributed by atoms with Gasteiger partial charge in [0.1, 0.15) is 0 Å². The zero-order chi connectivity index (χ0) is 16.1. The van der Waals surface area contributed by atoms with Gasteiger partial charge in [-0.25, -0.2) is 8.42 Å². The molecular formula is C17H24FNO2S. The molecule has 3 atom stereocenters. The monoisotopic (exact) mass is 325 g/mol. The predicted molar refractivity (Wildman–Crippen MR) is 84.4 cm³/mol. The molecule has 2 aliphatic rings. The van der Waals surface area contributed by atoms with Crippen LogP contribution in [0.1, 0.15) is 45.6 Å². The highest BCUT2D eigenvalue weighted by molar-refractivity contribution is 7.89. The number of rotatable bonds is 1. The first-order valence-corrected chi connectivity index (χ1v) is 9.52. The zero-order valence-electron chi connectivity index (χ0n) is 13.4. The van der Waals surface area contributed by atoms with Gasteiger partial charge < -0.3 is 0 Å². The van der Waals surface area contributed by atoms with E-state index in [-0.39, 0.29) is 21.3 Å². The molecule has 0 bridgehead atoms. The summed E-state index contributed by atoms with van der Waals surface area (Å²) in [7, 11) is -4.05. The Morgan fingerprint density at radius 3 is 2.64 bits per heavy atom. The molecule has 3 rings (SSSR count). The maximum atomic E-state index is 15.2. The number of benzene rings is 1. The number of sulfonamides is 1. The van der Waals surface area contributed by atoms with Gasteiger partial charge in [0, 0.05) is 0 Å². The molecule has 0 unspecified atom stereocenters. The van der Waals surface area contributed by atoms with Crippen LogP contribution in [0.3, 0.4) is 0 Å². The molecule has 1 aliphatic heterocycles.